The van der Waals surface area contributed by atoms with Crippen molar-refractivity contribution in [2.24, 2.45) is 0 Å². The van der Waals surface area contributed by atoms with Gasteiger partial charge in [0.25, 0.3) is 0 Å². The molecule has 0 bridgehead atoms. The third-order valence-corrected chi connectivity index (χ3v) is 5.90. The maximum absolute atomic E-state index is 11.9. The molecule has 1 heterocycles. The zero-order valence-corrected chi connectivity index (χ0v) is 11.9. The van der Waals surface area contributed by atoms with Gasteiger partial charge in [-0.25, -0.2) is 8.42 Å². The Labute approximate surface area is 110 Å². The van der Waals surface area contributed by atoms with E-state index in [-0.39, 0.29) is 4.66 Å². The molecule has 1 aromatic carbocycles. The number of nitrogens with zero attached hydrogens (tertiary/aromatic N) is 1. The largest absolute Gasteiger partial charge is 0.497 e. The van der Waals surface area contributed by atoms with E-state index in [1.807, 2.05) is 12.1 Å². The second-order valence-corrected chi connectivity index (χ2v) is 7.09. The molecule has 17 heavy (non-hydrogen) atoms. The van der Waals surface area contributed by atoms with Crippen molar-refractivity contribution >= 4 is 31.6 Å². The van der Waals surface area contributed by atoms with Gasteiger partial charge in [-0.15, -0.1) is 0 Å². The highest BCUT2D eigenvalue weighted by molar-refractivity contribution is 9.10. The van der Waals surface area contributed by atoms with Gasteiger partial charge in [-0.05, 0) is 36.6 Å². The summed E-state index contributed by atoms with van der Waals surface area (Å²) in [5.41, 5.74) is 1.80. The van der Waals surface area contributed by atoms with Crippen LogP contribution in [-0.2, 0) is 16.4 Å². The van der Waals surface area contributed by atoms with Gasteiger partial charge < -0.3 is 4.74 Å². The first-order valence-corrected chi connectivity index (χ1v) is 8.05. The van der Waals surface area contributed by atoms with Crippen LogP contribution in [-0.4, -0.2) is 26.7 Å². The Kier molecular flexibility index (Phi) is 3.63. The van der Waals surface area contributed by atoms with Crippen LogP contribution in [0.3, 0.4) is 0 Å². The van der Waals surface area contributed by atoms with Crippen molar-refractivity contribution in [3.63, 3.8) is 0 Å². The number of anilines is 1. The van der Waals surface area contributed by atoms with Crippen LogP contribution >= 0.6 is 15.9 Å². The van der Waals surface area contributed by atoms with Gasteiger partial charge in [0.15, 0.2) is 0 Å². The first kappa shape index (κ1) is 12.7. The number of rotatable bonds is 3. The summed E-state index contributed by atoms with van der Waals surface area (Å²) in [6.07, 6.45) is 1.73. The molecule has 0 saturated carbocycles. The van der Waals surface area contributed by atoms with Crippen molar-refractivity contribution in [2.45, 2.75) is 12.8 Å². The number of alkyl halides is 1. The summed E-state index contributed by atoms with van der Waals surface area (Å²) >= 11 is 3.03. The predicted octanol–water partition coefficient (Wildman–Crippen LogP) is 2.13. The van der Waals surface area contributed by atoms with Gasteiger partial charge >= 0.3 is 0 Å². The zero-order valence-electron chi connectivity index (χ0n) is 9.52. The van der Waals surface area contributed by atoms with E-state index in [9.17, 15) is 8.42 Å². The van der Waals surface area contributed by atoms with E-state index in [1.54, 1.807) is 13.2 Å². The molecule has 0 atom stereocenters. The quantitative estimate of drug-likeness (QED) is 0.802. The standard InChI is InChI=1S/C11H14BrNO3S/c1-16-10-4-5-11-9(7-10)3-2-6-13(11)17(14,15)8-12/h4-5,7H,2-3,6,8H2,1H3. The normalized spacial score (nSPS) is 15.5. The number of methoxy groups -OCH3 is 1. The lowest BCUT2D eigenvalue weighted by Gasteiger charge is -2.30. The molecule has 0 N–H and O–H groups in total. The Morgan fingerprint density at radius 2 is 2.24 bits per heavy atom. The number of hydrogen-bond donors (Lipinski definition) is 0. The summed E-state index contributed by atoms with van der Waals surface area (Å²) in [7, 11) is -1.64. The molecule has 0 spiro atoms. The first-order chi connectivity index (χ1) is 8.08. The van der Waals surface area contributed by atoms with Crippen LogP contribution < -0.4 is 9.04 Å². The smallest absolute Gasteiger partial charge is 0.245 e. The molecule has 0 aliphatic carbocycles. The molecule has 1 aliphatic rings. The van der Waals surface area contributed by atoms with Gasteiger partial charge in [0, 0.05) is 6.54 Å². The third-order valence-electron chi connectivity index (χ3n) is 2.84. The predicted molar refractivity (Wildman–Crippen MR) is 71.4 cm³/mol. The number of hydrogen-bond acceptors (Lipinski definition) is 3. The Morgan fingerprint density at radius 1 is 1.47 bits per heavy atom. The number of aryl methyl sites for hydroxylation is 1. The molecule has 0 saturated heterocycles. The third kappa shape index (κ3) is 2.42. The average molecular weight is 320 g/mol. The molecule has 4 nitrogen and oxygen atoms in total. The first-order valence-electron chi connectivity index (χ1n) is 5.32. The lowest BCUT2D eigenvalue weighted by Crippen LogP contribution is -2.35. The van der Waals surface area contributed by atoms with Gasteiger partial charge in [0.2, 0.25) is 10.0 Å². The maximum atomic E-state index is 11.9. The topological polar surface area (TPSA) is 46.6 Å². The van der Waals surface area contributed by atoms with Crippen molar-refractivity contribution in [1.29, 1.82) is 0 Å². The fourth-order valence-corrected chi connectivity index (χ4v) is 3.76. The van der Waals surface area contributed by atoms with E-state index in [2.05, 4.69) is 15.9 Å². The Balaban J connectivity index is 2.45. The lowest BCUT2D eigenvalue weighted by atomic mass is 10.0. The molecule has 0 amide bonds. The number of fused-ring (bicyclic) bond motifs is 1. The van der Waals surface area contributed by atoms with Gasteiger partial charge in [-0.2, -0.15) is 0 Å². The number of sulfonamides is 1. The van der Waals surface area contributed by atoms with E-state index in [0.29, 0.717) is 6.54 Å². The fourth-order valence-electron chi connectivity index (χ4n) is 2.01. The van der Waals surface area contributed by atoms with Crippen LogP contribution in [0.15, 0.2) is 18.2 Å². The van der Waals surface area contributed by atoms with Crippen molar-refractivity contribution < 1.29 is 13.2 Å². The highest BCUT2D eigenvalue weighted by Gasteiger charge is 2.26. The molecule has 94 valence electrons. The summed E-state index contributed by atoms with van der Waals surface area (Å²) < 4.78 is 30.4. The number of benzene rings is 1. The van der Waals surface area contributed by atoms with Crippen LogP contribution in [0.25, 0.3) is 0 Å². The second-order valence-electron chi connectivity index (χ2n) is 3.89. The minimum atomic E-state index is -3.25. The molecule has 2 rings (SSSR count). The summed E-state index contributed by atoms with van der Waals surface area (Å²) in [5, 5.41) is 0. The summed E-state index contributed by atoms with van der Waals surface area (Å²) in [5.74, 6) is 0.766. The highest BCUT2D eigenvalue weighted by atomic mass is 79.9. The van der Waals surface area contributed by atoms with Gasteiger partial charge in [0.1, 0.15) is 10.4 Å². The van der Waals surface area contributed by atoms with Crippen molar-refractivity contribution in [3.05, 3.63) is 23.8 Å². The molecule has 1 aliphatic heterocycles. The molecule has 0 radical (unpaired) electrons. The van der Waals surface area contributed by atoms with Crippen LogP contribution in [0.2, 0.25) is 0 Å². The number of ether oxygens (including phenoxy) is 1. The van der Waals surface area contributed by atoms with Crippen LogP contribution in [0.4, 0.5) is 5.69 Å². The molecule has 0 fully saturated rings. The summed E-state index contributed by atoms with van der Waals surface area (Å²) in [6, 6.07) is 5.51. The van der Waals surface area contributed by atoms with Crippen LogP contribution in [0.5, 0.6) is 5.75 Å². The summed E-state index contributed by atoms with van der Waals surface area (Å²) in [4.78, 5) is 0. The van der Waals surface area contributed by atoms with E-state index in [4.69, 9.17) is 4.74 Å². The zero-order chi connectivity index (χ0) is 12.5. The minimum absolute atomic E-state index is 0.0501. The molecule has 0 unspecified atom stereocenters. The van der Waals surface area contributed by atoms with Gasteiger partial charge in [0.05, 0.1) is 12.8 Å². The average Bonchev–Trinajstić information content (AvgIpc) is 2.37. The minimum Gasteiger partial charge on any atom is -0.497 e. The van der Waals surface area contributed by atoms with E-state index in [1.165, 1.54) is 4.31 Å². The van der Waals surface area contributed by atoms with Crippen LogP contribution in [0, 0.1) is 0 Å². The van der Waals surface area contributed by atoms with E-state index < -0.39 is 10.0 Å². The highest BCUT2D eigenvalue weighted by Crippen LogP contribution is 2.32. The van der Waals surface area contributed by atoms with Gasteiger partial charge in [-0.1, -0.05) is 15.9 Å². The van der Waals surface area contributed by atoms with E-state index >= 15 is 0 Å². The Morgan fingerprint density at radius 3 is 2.88 bits per heavy atom. The Hall–Kier alpha value is -0.750. The van der Waals surface area contributed by atoms with Crippen molar-refractivity contribution in [2.75, 3.05) is 22.6 Å². The Bertz CT molecular complexity index is 515. The molecular formula is C11H14BrNO3S. The van der Waals surface area contributed by atoms with E-state index in [0.717, 1.165) is 29.8 Å². The van der Waals surface area contributed by atoms with Crippen molar-refractivity contribution in [1.82, 2.24) is 0 Å². The van der Waals surface area contributed by atoms with Crippen LogP contribution in [0.1, 0.15) is 12.0 Å². The lowest BCUT2D eigenvalue weighted by molar-refractivity contribution is 0.414. The van der Waals surface area contributed by atoms with Crippen molar-refractivity contribution in [3.8, 4) is 5.75 Å². The molecule has 1 aromatic rings. The summed E-state index contributed by atoms with van der Waals surface area (Å²) in [6.45, 7) is 0.549. The fraction of sp³-hybridized carbons (Fsp3) is 0.455. The second kappa shape index (κ2) is 4.86. The SMILES string of the molecule is COc1ccc2c(c1)CCCN2S(=O)(=O)CBr. The molecular weight excluding hydrogens is 306 g/mol. The monoisotopic (exact) mass is 319 g/mol. The molecule has 6 heteroatoms. The van der Waals surface area contributed by atoms with Gasteiger partial charge in [-0.3, -0.25) is 4.31 Å². The number of halogens is 1. The molecule has 0 aromatic heterocycles. The maximum Gasteiger partial charge on any atom is 0.245 e.